The van der Waals surface area contributed by atoms with Crippen LogP contribution in [0.2, 0.25) is 0 Å². The highest BCUT2D eigenvalue weighted by Gasteiger charge is 2.31. The number of aliphatic carboxylic acids is 1. The lowest BCUT2D eigenvalue weighted by Gasteiger charge is -2.24. The van der Waals surface area contributed by atoms with Crippen molar-refractivity contribution in [3.8, 4) is 5.75 Å². The SMILES string of the molecule is CSCCC(N)C(=O)NC(Cc1cnc[nH]1)C(=O)NC(CC(N)=O)C(=O)NC(Cc1ccc(O)cc1)C(=O)O. The maximum absolute atomic E-state index is 13.2. The van der Waals surface area contributed by atoms with Gasteiger partial charge in [0, 0.05) is 24.7 Å². The van der Waals surface area contributed by atoms with Crippen LogP contribution in [0.4, 0.5) is 0 Å². The van der Waals surface area contributed by atoms with Crippen LogP contribution in [0.5, 0.6) is 5.75 Å². The van der Waals surface area contributed by atoms with Crippen molar-refractivity contribution in [1.29, 1.82) is 0 Å². The van der Waals surface area contributed by atoms with E-state index in [4.69, 9.17) is 11.5 Å². The average molecular weight is 564 g/mol. The zero-order valence-electron chi connectivity index (χ0n) is 21.3. The van der Waals surface area contributed by atoms with Gasteiger partial charge in [0.2, 0.25) is 23.6 Å². The number of aromatic amines is 1. The summed E-state index contributed by atoms with van der Waals surface area (Å²) in [6, 6.07) is 0.705. The van der Waals surface area contributed by atoms with E-state index in [0.717, 1.165) is 0 Å². The zero-order valence-corrected chi connectivity index (χ0v) is 22.1. The first-order valence-corrected chi connectivity index (χ1v) is 13.3. The number of nitrogens with zero attached hydrogens (tertiary/aromatic N) is 1. The van der Waals surface area contributed by atoms with E-state index in [-0.39, 0.29) is 18.6 Å². The number of carbonyl (C=O) groups excluding carboxylic acids is 4. The molecule has 0 spiro atoms. The van der Waals surface area contributed by atoms with Crippen molar-refractivity contribution in [2.75, 3.05) is 12.0 Å². The molecule has 1 heterocycles. The van der Waals surface area contributed by atoms with Crippen molar-refractivity contribution >= 4 is 41.4 Å². The minimum Gasteiger partial charge on any atom is -0.508 e. The van der Waals surface area contributed by atoms with Crippen molar-refractivity contribution in [2.45, 2.75) is 49.9 Å². The van der Waals surface area contributed by atoms with E-state index < -0.39 is 60.2 Å². The summed E-state index contributed by atoms with van der Waals surface area (Å²) >= 11 is 1.51. The predicted octanol–water partition coefficient (Wildman–Crippen LogP) is -1.60. The van der Waals surface area contributed by atoms with Gasteiger partial charge in [-0.1, -0.05) is 12.1 Å². The summed E-state index contributed by atoms with van der Waals surface area (Å²) in [5.74, 6) is -4.03. The third-order valence-electron chi connectivity index (χ3n) is 5.61. The van der Waals surface area contributed by atoms with Crippen LogP contribution in [0.15, 0.2) is 36.8 Å². The van der Waals surface area contributed by atoms with E-state index >= 15 is 0 Å². The summed E-state index contributed by atoms with van der Waals surface area (Å²) in [6.45, 7) is 0. The number of rotatable bonds is 16. The molecule has 4 unspecified atom stereocenters. The number of hydrogen-bond acceptors (Lipinski definition) is 9. The third-order valence-corrected chi connectivity index (χ3v) is 6.25. The Labute approximate surface area is 228 Å². The predicted molar refractivity (Wildman–Crippen MR) is 142 cm³/mol. The van der Waals surface area contributed by atoms with Gasteiger partial charge in [-0.25, -0.2) is 9.78 Å². The van der Waals surface area contributed by atoms with Gasteiger partial charge < -0.3 is 42.6 Å². The second-order valence-corrected chi connectivity index (χ2v) is 9.72. The highest BCUT2D eigenvalue weighted by molar-refractivity contribution is 7.98. The van der Waals surface area contributed by atoms with Gasteiger partial charge in [-0.3, -0.25) is 19.2 Å². The normalized spacial score (nSPS) is 13.9. The first-order chi connectivity index (χ1) is 18.5. The van der Waals surface area contributed by atoms with Crippen LogP contribution in [-0.4, -0.2) is 86.0 Å². The molecule has 0 radical (unpaired) electrons. The molecule has 10 N–H and O–H groups in total. The Balaban J connectivity index is 2.18. The second kappa shape index (κ2) is 15.3. The molecule has 39 heavy (non-hydrogen) atoms. The Kier molecular flexibility index (Phi) is 12.2. The minimum atomic E-state index is -1.52. The third kappa shape index (κ3) is 10.6. The van der Waals surface area contributed by atoms with Crippen LogP contribution in [0.1, 0.15) is 24.1 Å². The average Bonchev–Trinajstić information content (AvgIpc) is 3.40. The molecule has 0 aliphatic rings. The van der Waals surface area contributed by atoms with Gasteiger partial charge >= 0.3 is 5.97 Å². The number of phenols is 1. The molecule has 1 aromatic carbocycles. The van der Waals surface area contributed by atoms with Gasteiger partial charge in [0.25, 0.3) is 0 Å². The smallest absolute Gasteiger partial charge is 0.326 e. The summed E-state index contributed by atoms with van der Waals surface area (Å²) < 4.78 is 0. The lowest BCUT2D eigenvalue weighted by Crippen LogP contribution is -2.58. The molecule has 212 valence electrons. The van der Waals surface area contributed by atoms with Gasteiger partial charge in [0.1, 0.15) is 23.9 Å². The van der Waals surface area contributed by atoms with Crippen LogP contribution in [0.25, 0.3) is 0 Å². The lowest BCUT2D eigenvalue weighted by atomic mass is 10.0. The summed E-state index contributed by atoms with van der Waals surface area (Å²) in [4.78, 5) is 69.0. The highest BCUT2D eigenvalue weighted by atomic mass is 32.2. The Morgan fingerprint density at radius 3 is 2.15 bits per heavy atom. The van der Waals surface area contributed by atoms with E-state index in [1.54, 1.807) is 0 Å². The number of phenolic OH excluding ortho intramolecular Hbond substituents is 1. The molecule has 15 heteroatoms. The molecule has 0 aliphatic carbocycles. The van der Waals surface area contributed by atoms with Crippen LogP contribution in [-0.2, 0) is 36.8 Å². The number of nitrogens with one attached hydrogen (secondary N) is 4. The number of amides is 4. The summed E-state index contributed by atoms with van der Waals surface area (Å²) in [5.41, 5.74) is 12.2. The van der Waals surface area contributed by atoms with Gasteiger partial charge in [0.15, 0.2) is 0 Å². The number of primary amides is 1. The summed E-state index contributed by atoms with van der Waals surface area (Å²) in [6.07, 6.45) is 4.29. The number of benzene rings is 1. The zero-order chi connectivity index (χ0) is 28.9. The Bertz CT molecular complexity index is 1130. The van der Waals surface area contributed by atoms with E-state index in [1.165, 1.54) is 48.6 Å². The summed E-state index contributed by atoms with van der Waals surface area (Å²) in [5, 5.41) is 26.3. The quantitative estimate of drug-likeness (QED) is 0.116. The molecule has 4 amide bonds. The Morgan fingerprint density at radius 2 is 1.59 bits per heavy atom. The van der Waals surface area contributed by atoms with Gasteiger partial charge in [-0.2, -0.15) is 11.8 Å². The lowest BCUT2D eigenvalue weighted by molar-refractivity contribution is -0.142. The number of H-pyrrole nitrogens is 1. The Hall–Kier alpha value is -4.11. The maximum Gasteiger partial charge on any atom is 0.326 e. The van der Waals surface area contributed by atoms with Gasteiger partial charge in [0.05, 0.1) is 18.8 Å². The fourth-order valence-electron chi connectivity index (χ4n) is 3.50. The van der Waals surface area contributed by atoms with Crippen LogP contribution >= 0.6 is 11.8 Å². The van der Waals surface area contributed by atoms with Crippen molar-refractivity contribution in [3.05, 3.63) is 48.0 Å². The van der Waals surface area contributed by atoms with E-state index in [1.807, 2.05) is 6.26 Å². The first kappa shape index (κ1) is 31.1. The topological polar surface area (TPSA) is 243 Å². The molecule has 0 saturated heterocycles. The molecule has 2 rings (SSSR count). The number of imidazole rings is 1. The van der Waals surface area contributed by atoms with Crippen molar-refractivity contribution in [1.82, 2.24) is 25.9 Å². The number of aromatic nitrogens is 2. The van der Waals surface area contributed by atoms with Crippen LogP contribution in [0, 0.1) is 0 Å². The van der Waals surface area contributed by atoms with Crippen molar-refractivity contribution in [3.63, 3.8) is 0 Å². The molecule has 0 fully saturated rings. The van der Waals surface area contributed by atoms with E-state index in [2.05, 4.69) is 25.9 Å². The number of carboxylic acid groups (broad SMARTS) is 1. The highest BCUT2D eigenvalue weighted by Crippen LogP contribution is 2.12. The monoisotopic (exact) mass is 563 g/mol. The second-order valence-electron chi connectivity index (χ2n) is 8.73. The van der Waals surface area contributed by atoms with E-state index in [0.29, 0.717) is 23.4 Å². The van der Waals surface area contributed by atoms with E-state index in [9.17, 15) is 34.2 Å². The van der Waals surface area contributed by atoms with Crippen LogP contribution < -0.4 is 27.4 Å². The standard InChI is InChI=1S/C24H33N7O7S/c1-39-7-6-16(25)21(34)29-17(9-14-11-27-12-28-14)22(35)30-18(10-20(26)33)23(36)31-19(24(37)38)8-13-2-4-15(32)5-3-13/h2-5,11-12,16-19,32H,6-10,25H2,1H3,(H2,26,33)(H,27,28)(H,29,34)(H,30,35)(H,31,36)(H,37,38). The Morgan fingerprint density at radius 1 is 0.974 bits per heavy atom. The number of carboxylic acids is 1. The van der Waals surface area contributed by atoms with Crippen molar-refractivity contribution < 1.29 is 34.2 Å². The molecule has 0 bridgehead atoms. The number of thioether (sulfide) groups is 1. The number of aromatic hydroxyl groups is 1. The van der Waals surface area contributed by atoms with Crippen molar-refractivity contribution in [2.24, 2.45) is 11.5 Å². The molecular weight excluding hydrogens is 530 g/mol. The molecule has 1 aromatic heterocycles. The van der Waals surface area contributed by atoms with Crippen LogP contribution in [0.3, 0.4) is 0 Å². The van der Waals surface area contributed by atoms with Gasteiger partial charge in [-0.15, -0.1) is 0 Å². The fourth-order valence-corrected chi connectivity index (χ4v) is 3.99. The molecule has 2 aromatic rings. The molecule has 0 saturated carbocycles. The molecule has 4 atom stereocenters. The maximum atomic E-state index is 13.2. The largest absolute Gasteiger partial charge is 0.508 e. The molecular formula is C24H33N7O7S. The number of carbonyl (C=O) groups is 5. The number of nitrogens with two attached hydrogens (primary N) is 2. The fraction of sp³-hybridized carbons (Fsp3) is 0.417. The molecule has 0 aliphatic heterocycles. The minimum absolute atomic E-state index is 0.0131. The summed E-state index contributed by atoms with van der Waals surface area (Å²) in [7, 11) is 0. The number of hydrogen-bond donors (Lipinski definition) is 8. The molecule has 14 nitrogen and oxygen atoms in total. The first-order valence-electron chi connectivity index (χ1n) is 11.9. The van der Waals surface area contributed by atoms with Gasteiger partial charge in [-0.05, 0) is 36.1 Å².